The normalized spacial score (nSPS) is 18.6. The molecule has 0 spiro atoms. The molecule has 0 radical (unpaired) electrons. The van der Waals surface area contributed by atoms with Gasteiger partial charge in [0.2, 0.25) is 5.69 Å². The van der Waals surface area contributed by atoms with Crippen LogP contribution in [-0.4, -0.2) is 108 Å². The topological polar surface area (TPSA) is 287 Å². The molecule has 20 nitrogen and oxygen atoms in total. The van der Waals surface area contributed by atoms with E-state index < -0.39 is 70.5 Å². The molecule has 0 unspecified atom stereocenters. The second-order valence-electron chi connectivity index (χ2n) is 20.8. The highest BCUT2D eigenvalue weighted by Gasteiger charge is 2.45. The molecule has 2 amide bonds. The average Bonchev–Trinajstić information content (AvgIpc) is 3.95. The molecule has 1 fully saturated rings. The number of carbonyl (C=O) groups is 3. The number of carbonyl (C=O) groups excluding carboxylic acids is 3. The van der Waals surface area contributed by atoms with Crippen molar-refractivity contribution in [1.29, 1.82) is 0 Å². The van der Waals surface area contributed by atoms with Gasteiger partial charge in [-0.05, 0) is 118 Å². The molecule has 6 rings (SSSR count). The van der Waals surface area contributed by atoms with E-state index in [9.17, 15) is 53.3 Å². The SMILES string of the molecule is CC1(C)C(/C=C/C2=C(NCCCCCCCCCCC(=O)ON3C(=O)CCC3=O)C(=C/C=C3/N(CCCCS(=O)(=O)O)c4ccc(S(=O)(=O)O)cc4C3(C)C)/CCC2)=[N+](CCCCS(=O)(=O)[O-])c2ccc(SOOO)cc21. The van der Waals surface area contributed by atoms with Gasteiger partial charge in [-0.2, -0.15) is 21.4 Å². The van der Waals surface area contributed by atoms with Crippen LogP contribution in [0.3, 0.4) is 0 Å². The lowest BCUT2D eigenvalue weighted by atomic mass is 9.81. The number of hydrogen-bond donors (Lipinski definition) is 4. The molecule has 2 aromatic carbocycles. The van der Waals surface area contributed by atoms with Crippen LogP contribution in [0.5, 0.6) is 0 Å². The summed E-state index contributed by atoms with van der Waals surface area (Å²) < 4.78 is 109. The lowest BCUT2D eigenvalue weighted by molar-refractivity contribution is -0.438. The fraction of sp³-hybridized carbons (Fsp3) is 0.547. The third-order valence-corrected chi connectivity index (χ3v) is 17.5. The molecule has 3 aliphatic heterocycles. The van der Waals surface area contributed by atoms with Gasteiger partial charge in [0.1, 0.15) is 6.54 Å². The molecule has 4 aliphatic rings. The van der Waals surface area contributed by atoms with Crippen molar-refractivity contribution in [2.24, 2.45) is 0 Å². The molecule has 24 heteroatoms. The van der Waals surface area contributed by atoms with Crippen molar-refractivity contribution in [2.75, 3.05) is 36.0 Å². The van der Waals surface area contributed by atoms with E-state index in [2.05, 4.69) is 47.0 Å². The first-order valence-corrected chi connectivity index (χ1v) is 31.5. The number of hydrogen-bond acceptors (Lipinski definition) is 17. The smallest absolute Gasteiger partial charge is 0.333 e. The average molecular weight is 1150 g/mol. The molecule has 424 valence electrons. The second-order valence-corrected chi connectivity index (χ2v) is 26.1. The van der Waals surface area contributed by atoms with Crippen molar-refractivity contribution in [3.63, 3.8) is 0 Å². The molecule has 77 heavy (non-hydrogen) atoms. The van der Waals surface area contributed by atoms with E-state index in [0.717, 1.165) is 116 Å². The lowest BCUT2D eigenvalue weighted by Gasteiger charge is -2.28. The summed E-state index contributed by atoms with van der Waals surface area (Å²) in [5.74, 6) is -2.46. The Kier molecular flexibility index (Phi) is 21.5. The summed E-state index contributed by atoms with van der Waals surface area (Å²) in [7, 11) is -13.1. The van der Waals surface area contributed by atoms with E-state index in [1.807, 2.05) is 43.0 Å². The number of hydroxylamine groups is 2. The summed E-state index contributed by atoms with van der Waals surface area (Å²) in [6.45, 7) is 9.58. The third kappa shape index (κ3) is 16.9. The number of fused-ring (bicyclic) bond motifs is 2. The lowest BCUT2D eigenvalue weighted by Crippen LogP contribution is -2.31. The van der Waals surface area contributed by atoms with E-state index in [1.54, 1.807) is 6.07 Å². The Morgan fingerprint density at radius 3 is 2.12 bits per heavy atom. The first kappa shape index (κ1) is 61.5. The molecule has 1 aliphatic carbocycles. The summed E-state index contributed by atoms with van der Waals surface area (Å²) in [6, 6.07) is 10.2. The summed E-state index contributed by atoms with van der Waals surface area (Å²) >= 11 is 0.844. The van der Waals surface area contributed by atoms with Crippen LogP contribution in [-0.2, 0) is 69.8 Å². The molecule has 0 bridgehead atoms. The van der Waals surface area contributed by atoms with E-state index in [4.69, 9.17) is 14.4 Å². The number of anilines is 1. The van der Waals surface area contributed by atoms with Crippen LogP contribution in [0.15, 0.2) is 93.0 Å². The zero-order valence-electron chi connectivity index (χ0n) is 44.2. The zero-order chi connectivity index (χ0) is 56.2. The van der Waals surface area contributed by atoms with E-state index in [0.29, 0.717) is 60.1 Å². The highest BCUT2D eigenvalue weighted by atomic mass is 32.2. The first-order valence-electron chi connectivity index (χ1n) is 26.2. The monoisotopic (exact) mass is 1150 g/mol. The van der Waals surface area contributed by atoms with Crippen molar-refractivity contribution in [2.45, 2.75) is 164 Å². The Morgan fingerprint density at radius 2 is 1.45 bits per heavy atom. The van der Waals surface area contributed by atoms with Crippen LogP contribution < -0.4 is 10.2 Å². The van der Waals surface area contributed by atoms with Gasteiger partial charge in [0.25, 0.3) is 32.1 Å². The minimum absolute atomic E-state index is 0.0510. The quantitative estimate of drug-likeness (QED) is 0.0108. The van der Waals surface area contributed by atoms with Crippen molar-refractivity contribution in [3.05, 3.63) is 94.4 Å². The van der Waals surface area contributed by atoms with E-state index in [1.165, 1.54) is 12.1 Å². The van der Waals surface area contributed by atoms with Crippen LogP contribution in [0.25, 0.3) is 0 Å². The Hall–Kier alpha value is -4.76. The summed E-state index contributed by atoms with van der Waals surface area (Å²) in [4.78, 5) is 43.1. The van der Waals surface area contributed by atoms with Crippen molar-refractivity contribution in [3.8, 4) is 0 Å². The molecule has 0 atom stereocenters. The molecule has 2 aromatic rings. The Morgan fingerprint density at radius 1 is 0.779 bits per heavy atom. The Balaban J connectivity index is 1.26. The van der Waals surface area contributed by atoms with Gasteiger partial charge in [0.15, 0.2) is 5.71 Å². The number of unbranched alkanes of at least 4 members (excludes halogenated alkanes) is 9. The molecule has 3 heterocycles. The molecule has 4 N–H and O–H groups in total. The maximum Gasteiger partial charge on any atom is 0.333 e. The van der Waals surface area contributed by atoms with Gasteiger partial charge in [-0.3, -0.25) is 18.7 Å². The van der Waals surface area contributed by atoms with Crippen molar-refractivity contribution in [1.82, 2.24) is 10.4 Å². The van der Waals surface area contributed by atoms with Gasteiger partial charge < -0.3 is 19.6 Å². The molecule has 0 aromatic heterocycles. The predicted molar refractivity (Wildman–Crippen MR) is 289 cm³/mol. The molecule has 0 saturated carbocycles. The highest BCUT2D eigenvalue weighted by Crippen LogP contribution is 2.49. The molecular weight excluding hydrogens is 1080 g/mol. The maximum absolute atomic E-state index is 12.3. The minimum atomic E-state index is -4.53. The van der Waals surface area contributed by atoms with Gasteiger partial charge in [0.05, 0.1) is 38.2 Å². The second kappa shape index (κ2) is 26.9. The van der Waals surface area contributed by atoms with Gasteiger partial charge in [-0.15, -0.1) is 9.40 Å². The number of rotatable bonds is 30. The van der Waals surface area contributed by atoms with Gasteiger partial charge in [-0.1, -0.05) is 69.6 Å². The summed E-state index contributed by atoms with van der Waals surface area (Å²) in [5.41, 5.74) is 6.74. The highest BCUT2D eigenvalue weighted by molar-refractivity contribution is 7.94. The molecular formula is C53H72N4O16S4. The van der Waals surface area contributed by atoms with Crippen LogP contribution in [0, 0.1) is 0 Å². The van der Waals surface area contributed by atoms with Crippen molar-refractivity contribution >= 4 is 77.3 Å². The fourth-order valence-electron chi connectivity index (χ4n) is 10.5. The fourth-order valence-corrected chi connectivity index (χ4v) is 12.5. The maximum atomic E-state index is 12.3. The van der Waals surface area contributed by atoms with Crippen LogP contribution >= 0.6 is 12.0 Å². The zero-order valence-corrected chi connectivity index (χ0v) is 47.4. The minimum Gasteiger partial charge on any atom is -0.748 e. The largest absolute Gasteiger partial charge is 0.748 e. The van der Waals surface area contributed by atoms with E-state index in [-0.39, 0.29) is 37.0 Å². The number of benzene rings is 2. The first-order chi connectivity index (χ1) is 36.3. The third-order valence-electron chi connectivity index (χ3n) is 14.5. The van der Waals surface area contributed by atoms with Crippen LogP contribution in [0.1, 0.15) is 154 Å². The Labute approximate surface area is 456 Å². The number of amides is 2. The van der Waals surface area contributed by atoms with E-state index >= 15 is 0 Å². The summed E-state index contributed by atoms with van der Waals surface area (Å²) in [6.07, 6.45) is 19.2. The number of allylic oxidation sites excluding steroid dienone is 7. The number of imide groups is 1. The van der Waals surface area contributed by atoms with Crippen LogP contribution in [0.2, 0.25) is 0 Å². The summed E-state index contributed by atoms with van der Waals surface area (Å²) in [5, 5.41) is 17.1. The number of nitrogens with zero attached hydrogens (tertiary/aromatic N) is 3. The van der Waals surface area contributed by atoms with Crippen molar-refractivity contribution < 1.29 is 77.3 Å². The van der Waals surface area contributed by atoms with Gasteiger partial charge >= 0.3 is 5.97 Å². The van der Waals surface area contributed by atoms with Crippen LogP contribution in [0.4, 0.5) is 11.4 Å². The number of nitrogens with one attached hydrogen (secondary N) is 1. The van der Waals surface area contributed by atoms with Gasteiger partial charge in [0, 0.05) is 89.6 Å². The molecule has 1 saturated heterocycles. The predicted octanol–water partition coefficient (Wildman–Crippen LogP) is 9.04. The Bertz CT molecular complexity index is 3000. The standard InChI is InChI=1S/C53H72N4O16S4/c1-52(2)42-36-40(74-73-72-61)23-25-44(42)55(32-13-15-34-75(62,63)64)46(52)27-21-38-18-17-19-39(51(38)54-31-12-10-8-6-5-7-9-11-20-50(60)71-57-48(58)29-30-49(57)59)22-28-47-53(3,4)43-37-41(77(68,69)70)24-26-45(43)56(47)33-14-16-35-76(65,66)67/h21-28,36-37H,5-20,29-35H2,1-4H3,(H4,61,62,63,64,65,66,67,68,69,70)/b39-22+,47-28+. The van der Waals surface area contributed by atoms with Gasteiger partial charge in [-0.25, -0.2) is 18.5 Å².